The van der Waals surface area contributed by atoms with Crippen LogP contribution in [0.25, 0.3) is 5.57 Å². The zero-order valence-electron chi connectivity index (χ0n) is 13.8. The Hall–Kier alpha value is -2.53. The van der Waals surface area contributed by atoms with Crippen molar-refractivity contribution in [3.05, 3.63) is 60.1 Å². The van der Waals surface area contributed by atoms with Crippen LogP contribution in [0.3, 0.4) is 0 Å². The number of hydrogen-bond donors (Lipinski definition) is 2. The van der Waals surface area contributed by atoms with Gasteiger partial charge >= 0.3 is 0 Å². The summed E-state index contributed by atoms with van der Waals surface area (Å²) in [6.45, 7) is 2.90. The molecule has 0 bridgehead atoms. The van der Waals surface area contributed by atoms with Gasteiger partial charge < -0.3 is 20.3 Å². The third-order valence-corrected chi connectivity index (χ3v) is 4.58. The standard InChI is InChI=1S/C19H22N4O/c1-24-19-17(13-23-11-3-2-4-18(23)22-19)14-5-7-15(8-6-14)21-16-9-10-20-12-16/h2-8,11,16,20-21H,9-10,12-13H2,1H3. The Morgan fingerprint density at radius 2 is 2.12 bits per heavy atom. The minimum Gasteiger partial charge on any atom is -0.481 e. The van der Waals surface area contributed by atoms with Crippen molar-refractivity contribution in [2.24, 2.45) is 4.99 Å². The van der Waals surface area contributed by atoms with Crippen LogP contribution in [-0.4, -0.2) is 43.5 Å². The quantitative estimate of drug-likeness (QED) is 0.894. The predicted molar refractivity (Wildman–Crippen MR) is 97.7 cm³/mol. The molecular formula is C19H22N4O. The number of hydrogen-bond acceptors (Lipinski definition) is 5. The van der Waals surface area contributed by atoms with E-state index in [4.69, 9.17) is 4.74 Å². The van der Waals surface area contributed by atoms with E-state index in [1.165, 1.54) is 6.42 Å². The third-order valence-electron chi connectivity index (χ3n) is 4.58. The average Bonchev–Trinajstić information content (AvgIpc) is 3.14. The Morgan fingerprint density at radius 1 is 1.25 bits per heavy atom. The van der Waals surface area contributed by atoms with Crippen LogP contribution in [0.5, 0.6) is 0 Å². The first-order chi connectivity index (χ1) is 11.8. The SMILES string of the molecule is COC1=C(c2ccc(NC3CCNC3)cc2)CN2C=CC=CC2=N1. The Bertz CT molecular complexity index is 724. The lowest BCUT2D eigenvalue weighted by atomic mass is 10.0. The first kappa shape index (κ1) is 15.0. The van der Waals surface area contributed by atoms with E-state index in [-0.39, 0.29) is 0 Å². The molecule has 0 saturated carbocycles. The number of amidine groups is 1. The first-order valence-electron chi connectivity index (χ1n) is 8.38. The van der Waals surface area contributed by atoms with Gasteiger partial charge in [0.15, 0.2) is 0 Å². The lowest BCUT2D eigenvalue weighted by Crippen LogP contribution is -2.31. The molecular weight excluding hydrogens is 300 g/mol. The molecule has 4 rings (SSSR count). The van der Waals surface area contributed by atoms with Gasteiger partial charge in [-0.3, -0.25) is 0 Å². The van der Waals surface area contributed by atoms with E-state index in [0.29, 0.717) is 11.9 Å². The maximum Gasteiger partial charge on any atom is 0.220 e. The highest BCUT2D eigenvalue weighted by molar-refractivity contribution is 5.98. The number of methoxy groups -OCH3 is 1. The maximum absolute atomic E-state index is 5.53. The number of anilines is 1. The van der Waals surface area contributed by atoms with Crippen LogP contribution in [0.2, 0.25) is 0 Å². The minimum atomic E-state index is 0.525. The number of nitrogens with one attached hydrogen (secondary N) is 2. The van der Waals surface area contributed by atoms with Gasteiger partial charge in [-0.2, -0.15) is 4.99 Å². The van der Waals surface area contributed by atoms with Crippen molar-refractivity contribution in [3.8, 4) is 0 Å². The molecule has 1 unspecified atom stereocenters. The fraction of sp³-hybridized carbons (Fsp3) is 0.316. The summed E-state index contributed by atoms with van der Waals surface area (Å²) in [6, 6.07) is 9.08. The molecule has 5 heteroatoms. The molecule has 0 aliphatic carbocycles. The zero-order chi connectivity index (χ0) is 16.4. The van der Waals surface area contributed by atoms with Crippen molar-refractivity contribution in [2.45, 2.75) is 12.5 Å². The monoisotopic (exact) mass is 322 g/mol. The van der Waals surface area contributed by atoms with Gasteiger partial charge in [0.05, 0.1) is 13.7 Å². The average molecular weight is 322 g/mol. The molecule has 1 fully saturated rings. The molecule has 1 saturated heterocycles. The van der Waals surface area contributed by atoms with Crippen LogP contribution in [-0.2, 0) is 4.74 Å². The van der Waals surface area contributed by atoms with Gasteiger partial charge in [0, 0.05) is 30.0 Å². The maximum atomic E-state index is 5.53. The van der Waals surface area contributed by atoms with E-state index in [2.05, 4.69) is 44.8 Å². The van der Waals surface area contributed by atoms with Crippen LogP contribution < -0.4 is 10.6 Å². The summed E-state index contributed by atoms with van der Waals surface area (Å²) < 4.78 is 5.53. The van der Waals surface area contributed by atoms with Crippen molar-refractivity contribution >= 4 is 17.1 Å². The Kier molecular flexibility index (Phi) is 4.09. The molecule has 24 heavy (non-hydrogen) atoms. The Morgan fingerprint density at radius 3 is 2.88 bits per heavy atom. The third kappa shape index (κ3) is 2.95. The number of rotatable bonds is 4. The number of aliphatic imine (C=N–C) groups is 1. The van der Waals surface area contributed by atoms with Crippen LogP contribution in [0, 0.1) is 0 Å². The second-order valence-corrected chi connectivity index (χ2v) is 6.20. The summed E-state index contributed by atoms with van der Waals surface area (Å²) in [7, 11) is 1.68. The van der Waals surface area contributed by atoms with Crippen LogP contribution in [0.15, 0.2) is 59.6 Å². The molecule has 0 aromatic heterocycles. The van der Waals surface area contributed by atoms with E-state index >= 15 is 0 Å². The topological polar surface area (TPSA) is 48.9 Å². The number of ether oxygens (including phenoxy) is 1. The highest BCUT2D eigenvalue weighted by atomic mass is 16.5. The number of fused-ring (bicyclic) bond motifs is 1. The van der Waals surface area contributed by atoms with Gasteiger partial charge in [-0.15, -0.1) is 0 Å². The molecule has 3 aliphatic heterocycles. The van der Waals surface area contributed by atoms with Crippen LogP contribution in [0.4, 0.5) is 5.69 Å². The van der Waals surface area contributed by atoms with Gasteiger partial charge in [-0.05, 0) is 42.8 Å². The van der Waals surface area contributed by atoms with Crippen LogP contribution in [0.1, 0.15) is 12.0 Å². The summed E-state index contributed by atoms with van der Waals surface area (Å²) in [5.74, 6) is 1.62. The molecule has 124 valence electrons. The van der Waals surface area contributed by atoms with Gasteiger partial charge in [-0.1, -0.05) is 18.2 Å². The van der Waals surface area contributed by atoms with E-state index in [0.717, 1.165) is 42.3 Å². The van der Waals surface area contributed by atoms with E-state index < -0.39 is 0 Å². The van der Waals surface area contributed by atoms with E-state index in [1.807, 2.05) is 24.4 Å². The van der Waals surface area contributed by atoms with Gasteiger partial charge in [-0.25, -0.2) is 0 Å². The highest BCUT2D eigenvalue weighted by Gasteiger charge is 2.22. The molecule has 0 radical (unpaired) electrons. The number of nitrogens with zero attached hydrogens (tertiary/aromatic N) is 2. The highest BCUT2D eigenvalue weighted by Crippen LogP contribution is 2.28. The summed E-state index contributed by atoms with van der Waals surface area (Å²) in [6.07, 6.45) is 9.24. The smallest absolute Gasteiger partial charge is 0.220 e. The van der Waals surface area contributed by atoms with E-state index in [9.17, 15) is 0 Å². The molecule has 1 aromatic carbocycles. The summed E-state index contributed by atoms with van der Waals surface area (Å²) in [5.41, 5.74) is 3.41. The fourth-order valence-electron chi connectivity index (χ4n) is 3.28. The number of benzene rings is 1. The van der Waals surface area contributed by atoms with Gasteiger partial charge in [0.2, 0.25) is 5.88 Å². The van der Waals surface area contributed by atoms with Crippen molar-refractivity contribution in [2.75, 3.05) is 32.1 Å². The second kappa shape index (κ2) is 6.53. The van der Waals surface area contributed by atoms with Crippen molar-refractivity contribution in [1.29, 1.82) is 0 Å². The molecule has 1 atom stereocenters. The normalized spacial score (nSPS) is 22.5. The van der Waals surface area contributed by atoms with Gasteiger partial charge in [0.25, 0.3) is 0 Å². The van der Waals surface area contributed by atoms with E-state index in [1.54, 1.807) is 7.11 Å². The lowest BCUT2D eigenvalue weighted by molar-refractivity contribution is 0.285. The molecule has 0 spiro atoms. The Labute approximate surface area is 142 Å². The van der Waals surface area contributed by atoms with Crippen LogP contribution >= 0.6 is 0 Å². The largest absolute Gasteiger partial charge is 0.481 e. The summed E-state index contributed by atoms with van der Waals surface area (Å²) >= 11 is 0. The molecule has 1 aromatic rings. The zero-order valence-corrected chi connectivity index (χ0v) is 13.8. The summed E-state index contributed by atoms with van der Waals surface area (Å²) in [5, 5.41) is 6.95. The van der Waals surface area contributed by atoms with Crippen molar-refractivity contribution in [3.63, 3.8) is 0 Å². The summed E-state index contributed by atoms with van der Waals surface area (Å²) in [4.78, 5) is 6.76. The molecule has 3 aliphatic rings. The molecule has 0 amide bonds. The predicted octanol–water partition coefficient (Wildman–Crippen LogP) is 2.57. The molecule has 3 heterocycles. The molecule has 5 nitrogen and oxygen atoms in total. The lowest BCUT2D eigenvalue weighted by Gasteiger charge is -2.28. The Balaban J connectivity index is 1.57. The minimum absolute atomic E-state index is 0.525. The van der Waals surface area contributed by atoms with Gasteiger partial charge in [0.1, 0.15) is 5.84 Å². The fourth-order valence-corrected chi connectivity index (χ4v) is 3.28. The second-order valence-electron chi connectivity index (χ2n) is 6.20. The van der Waals surface area contributed by atoms with Crippen molar-refractivity contribution < 1.29 is 4.74 Å². The molecule has 2 N–H and O–H groups in total. The first-order valence-corrected chi connectivity index (χ1v) is 8.38. The number of allylic oxidation sites excluding steroid dienone is 2. The van der Waals surface area contributed by atoms with Crippen molar-refractivity contribution in [1.82, 2.24) is 10.2 Å².